The molecule has 0 aliphatic carbocycles. The Morgan fingerprint density at radius 2 is 2.18 bits per heavy atom. The molecule has 0 aromatic heterocycles. The Labute approximate surface area is 112 Å². The number of hydrogen-bond acceptors (Lipinski definition) is 2. The highest BCUT2D eigenvalue weighted by Crippen LogP contribution is 2.30. The minimum absolute atomic E-state index is 0.0203. The third-order valence-corrected chi connectivity index (χ3v) is 2.85. The van der Waals surface area contributed by atoms with Gasteiger partial charge in [0.2, 0.25) is 0 Å². The van der Waals surface area contributed by atoms with E-state index in [2.05, 4.69) is 17.6 Å². The number of halogens is 1. The molecule has 0 atom stereocenters. The van der Waals surface area contributed by atoms with Crippen molar-refractivity contribution in [3.8, 4) is 5.75 Å². The number of unbranched alkanes of at least 4 members (excludes halogenated alkanes) is 2. The highest BCUT2D eigenvalue weighted by Gasteiger charge is 2.05. The average molecular weight is 273 g/mol. The van der Waals surface area contributed by atoms with Crippen molar-refractivity contribution in [2.45, 2.75) is 26.2 Å². The molecule has 5 heteroatoms. The fourth-order valence-corrected chi connectivity index (χ4v) is 1.75. The molecule has 0 spiro atoms. The lowest BCUT2D eigenvalue weighted by molar-refractivity contribution is 0.478. The lowest BCUT2D eigenvalue weighted by Crippen LogP contribution is -2.29. The number of hydrogen-bond donors (Lipinski definition) is 3. The zero-order valence-corrected chi connectivity index (χ0v) is 11.4. The number of thiocarbonyl (C=S) groups is 1. The van der Waals surface area contributed by atoms with E-state index in [1.165, 1.54) is 12.8 Å². The molecular weight excluding hydrogens is 256 g/mol. The first kappa shape index (κ1) is 14.1. The van der Waals surface area contributed by atoms with E-state index in [9.17, 15) is 5.11 Å². The van der Waals surface area contributed by atoms with Crippen LogP contribution in [0.2, 0.25) is 5.02 Å². The molecular formula is C12H17ClN2OS. The summed E-state index contributed by atoms with van der Waals surface area (Å²) in [7, 11) is 0. The molecule has 1 rings (SSSR count). The molecule has 1 aromatic carbocycles. The van der Waals surface area contributed by atoms with Crippen LogP contribution < -0.4 is 10.6 Å². The van der Waals surface area contributed by atoms with Crippen LogP contribution in [0.3, 0.4) is 0 Å². The molecule has 3 nitrogen and oxygen atoms in total. The summed E-state index contributed by atoms with van der Waals surface area (Å²) in [5.41, 5.74) is 0.519. The van der Waals surface area contributed by atoms with Gasteiger partial charge in [0.1, 0.15) is 0 Å². The van der Waals surface area contributed by atoms with Gasteiger partial charge in [0.25, 0.3) is 0 Å². The van der Waals surface area contributed by atoms with Crippen LogP contribution >= 0.6 is 23.8 Å². The summed E-state index contributed by atoms with van der Waals surface area (Å²) in [4.78, 5) is 0. The first-order valence-corrected chi connectivity index (χ1v) is 6.46. The number of rotatable bonds is 5. The van der Waals surface area contributed by atoms with Crippen LogP contribution in [0.5, 0.6) is 5.75 Å². The van der Waals surface area contributed by atoms with Crippen molar-refractivity contribution < 1.29 is 5.11 Å². The van der Waals surface area contributed by atoms with Gasteiger partial charge in [-0.25, -0.2) is 0 Å². The van der Waals surface area contributed by atoms with Crippen LogP contribution in [0.25, 0.3) is 0 Å². The Bertz CT molecular complexity index is 385. The molecule has 0 saturated heterocycles. The highest BCUT2D eigenvalue weighted by molar-refractivity contribution is 7.80. The normalized spacial score (nSPS) is 10.0. The topological polar surface area (TPSA) is 44.3 Å². The summed E-state index contributed by atoms with van der Waals surface area (Å²) in [5, 5.41) is 16.5. The summed E-state index contributed by atoms with van der Waals surface area (Å²) in [6, 6.07) is 5.10. The summed E-state index contributed by atoms with van der Waals surface area (Å²) in [5.74, 6) is 0.0203. The van der Waals surface area contributed by atoms with Crippen molar-refractivity contribution in [3.63, 3.8) is 0 Å². The Morgan fingerprint density at radius 1 is 1.41 bits per heavy atom. The molecule has 17 heavy (non-hydrogen) atoms. The fourth-order valence-electron chi connectivity index (χ4n) is 1.36. The van der Waals surface area contributed by atoms with E-state index in [0.29, 0.717) is 15.8 Å². The maximum absolute atomic E-state index is 9.67. The van der Waals surface area contributed by atoms with Crippen molar-refractivity contribution in [3.05, 3.63) is 23.2 Å². The number of aromatic hydroxyl groups is 1. The monoisotopic (exact) mass is 272 g/mol. The van der Waals surface area contributed by atoms with E-state index < -0.39 is 0 Å². The number of phenols is 1. The van der Waals surface area contributed by atoms with E-state index in [0.717, 1.165) is 13.0 Å². The summed E-state index contributed by atoms with van der Waals surface area (Å²) in [6.45, 7) is 2.99. The quantitative estimate of drug-likeness (QED) is 0.436. The van der Waals surface area contributed by atoms with Gasteiger partial charge in [-0.05, 0) is 30.8 Å². The molecule has 0 saturated carbocycles. The smallest absolute Gasteiger partial charge is 0.170 e. The van der Waals surface area contributed by atoms with Gasteiger partial charge in [0.05, 0.1) is 10.7 Å². The lowest BCUT2D eigenvalue weighted by Gasteiger charge is -2.11. The second-order valence-electron chi connectivity index (χ2n) is 3.72. The van der Waals surface area contributed by atoms with Gasteiger partial charge in [0, 0.05) is 6.54 Å². The predicted octanol–water partition coefficient (Wildman–Crippen LogP) is 3.52. The van der Waals surface area contributed by atoms with Crippen LogP contribution in [0, 0.1) is 0 Å². The zero-order valence-electron chi connectivity index (χ0n) is 9.79. The Balaban J connectivity index is 2.43. The van der Waals surface area contributed by atoms with Crippen LogP contribution in [0.15, 0.2) is 18.2 Å². The van der Waals surface area contributed by atoms with Crippen molar-refractivity contribution in [2.24, 2.45) is 0 Å². The number of anilines is 1. The van der Waals surface area contributed by atoms with Crippen LogP contribution in [-0.2, 0) is 0 Å². The minimum atomic E-state index is 0.0203. The minimum Gasteiger partial charge on any atom is -0.504 e. The van der Waals surface area contributed by atoms with Crippen molar-refractivity contribution in [2.75, 3.05) is 11.9 Å². The molecule has 0 aliphatic heterocycles. The van der Waals surface area contributed by atoms with Gasteiger partial charge < -0.3 is 15.7 Å². The van der Waals surface area contributed by atoms with E-state index >= 15 is 0 Å². The number of benzene rings is 1. The number of phenolic OH excluding ortho intramolecular Hbond substituents is 1. The number of para-hydroxylation sites is 1. The van der Waals surface area contributed by atoms with Crippen molar-refractivity contribution >= 4 is 34.6 Å². The first-order chi connectivity index (χ1) is 8.15. The second-order valence-corrected chi connectivity index (χ2v) is 4.54. The summed E-state index contributed by atoms with van der Waals surface area (Å²) >= 11 is 10.9. The van der Waals surface area contributed by atoms with Crippen molar-refractivity contribution in [1.82, 2.24) is 5.32 Å². The SMILES string of the molecule is CCCCCNC(=S)Nc1cccc(Cl)c1O. The third kappa shape index (κ3) is 4.79. The van der Waals surface area contributed by atoms with Gasteiger partial charge in [0.15, 0.2) is 10.9 Å². The Kier molecular flexibility index (Phi) is 6.08. The standard InChI is InChI=1S/C12H17ClN2OS/c1-2-3-4-8-14-12(17)15-10-7-5-6-9(13)11(10)16/h5-7,16H,2-4,8H2,1H3,(H2,14,15,17). The molecule has 0 unspecified atom stereocenters. The Morgan fingerprint density at radius 3 is 2.88 bits per heavy atom. The Hall–Kier alpha value is -1.00. The van der Waals surface area contributed by atoms with E-state index in [1.54, 1.807) is 18.2 Å². The predicted molar refractivity (Wildman–Crippen MR) is 76.9 cm³/mol. The molecule has 0 bridgehead atoms. The average Bonchev–Trinajstić information content (AvgIpc) is 2.31. The van der Waals surface area contributed by atoms with Gasteiger partial charge in [-0.3, -0.25) is 0 Å². The lowest BCUT2D eigenvalue weighted by atomic mass is 10.2. The van der Waals surface area contributed by atoms with E-state index in [1.807, 2.05) is 0 Å². The third-order valence-electron chi connectivity index (χ3n) is 2.30. The molecule has 1 aromatic rings. The van der Waals surface area contributed by atoms with Gasteiger partial charge in [-0.2, -0.15) is 0 Å². The highest BCUT2D eigenvalue weighted by atomic mass is 35.5. The molecule has 0 aliphatic rings. The van der Waals surface area contributed by atoms with Gasteiger partial charge >= 0.3 is 0 Å². The molecule has 94 valence electrons. The van der Waals surface area contributed by atoms with Crippen LogP contribution in [-0.4, -0.2) is 16.8 Å². The zero-order chi connectivity index (χ0) is 12.7. The first-order valence-electron chi connectivity index (χ1n) is 5.67. The molecule has 0 heterocycles. The molecule has 0 fully saturated rings. The van der Waals surface area contributed by atoms with Crippen molar-refractivity contribution in [1.29, 1.82) is 0 Å². The van der Waals surface area contributed by atoms with Gasteiger partial charge in [-0.1, -0.05) is 37.4 Å². The molecule has 0 radical (unpaired) electrons. The van der Waals surface area contributed by atoms with E-state index in [-0.39, 0.29) is 5.75 Å². The second kappa shape index (κ2) is 7.35. The van der Waals surface area contributed by atoms with Gasteiger partial charge in [-0.15, -0.1) is 0 Å². The summed E-state index contributed by atoms with van der Waals surface area (Å²) < 4.78 is 0. The summed E-state index contributed by atoms with van der Waals surface area (Å²) in [6.07, 6.45) is 3.44. The fraction of sp³-hybridized carbons (Fsp3) is 0.417. The molecule has 0 amide bonds. The van der Waals surface area contributed by atoms with Crippen LogP contribution in [0.4, 0.5) is 5.69 Å². The molecule has 3 N–H and O–H groups in total. The van der Waals surface area contributed by atoms with Crippen LogP contribution in [0.1, 0.15) is 26.2 Å². The largest absolute Gasteiger partial charge is 0.504 e. The maximum atomic E-state index is 9.67. The van der Waals surface area contributed by atoms with E-state index in [4.69, 9.17) is 23.8 Å². The number of nitrogens with one attached hydrogen (secondary N) is 2. The maximum Gasteiger partial charge on any atom is 0.170 e.